The van der Waals surface area contributed by atoms with Gasteiger partial charge in [0.25, 0.3) is 5.69 Å². The van der Waals surface area contributed by atoms with Gasteiger partial charge in [0.1, 0.15) is 0 Å². The van der Waals surface area contributed by atoms with Crippen LogP contribution in [0.2, 0.25) is 0 Å². The third kappa shape index (κ3) is 3.62. The minimum Gasteiger partial charge on any atom is -0.388 e. The first kappa shape index (κ1) is 13.7. The Morgan fingerprint density at radius 3 is 2.21 bits per heavy atom. The quantitative estimate of drug-likeness (QED) is 0.690. The van der Waals surface area contributed by atoms with Gasteiger partial charge in [-0.1, -0.05) is 40.2 Å². The van der Waals surface area contributed by atoms with Crippen LogP contribution in [0.25, 0.3) is 0 Å². The minimum atomic E-state index is -0.616. The van der Waals surface area contributed by atoms with Crippen molar-refractivity contribution in [2.75, 3.05) is 0 Å². The summed E-state index contributed by atoms with van der Waals surface area (Å²) >= 11 is 3.34. The lowest BCUT2D eigenvalue weighted by Crippen LogP contribution is -2.01. The summed E-state index contributed by atoms with van der Waals surface area (Å²) in [6.45, 7) is 0. The highest BCUT2D eigenvalue weighted by molar-refractivity contribution is 9.10. The average molecular weight is 322 g/mol. The molecule has 0 fully saturated rings. The molecule has 0 heterocycles. The Hall–Kier alpha value is -1.72. The highest BCUT2D eigenvalue weighted by Crippen LogP contribution is 2.21. The molecule has 98 valence electrons. The predicted octanol–water partition coefficient (Wildman–Crippen LogP) is 3.63. The van der Waals surface area contributed by atoms with E-state index in [1.807, 2.05) is 24.3 Å². The third-order valence-electron chi connectivity index (χ3n) is 2.83. The van der Waals surface area contributed by atoms with E-state index in [-0.39, 0.29) is 5.69 Å². The molecule has 0 saturated heterocycles. The van der Waals surface area contributed by atoms with Gasteiger partial charge in [-0.3, -0.25) is 10.1 Å². The van der Waals surface area contributed by atoms with Crippen molar-refractivity contribution in [3.05, 3.63) is 74.2 Å². The molecule has 1 N–H and O–H groups in total. The molecule has 0 aromatic heterocycles. The van der Waals surface area contributed by atoms with Crippen molar-refractivity contribution >= 4 is 21.6 Å². The van der Waals surface area contributed by atoms with E-state index in [0.29, 0.717) is 6.42 Å². The molecule has 0 amide bonds. The Labute approximate surface area is 119 Å². The SMILES string of the molecule is O=[N+]([O-])c1ccc(CC(O)c2ccc(Br)cc2)cc1. The van der Waals surface area contributed by atoms with Gasteiger partial charge in [-0.15, -0.1) is 0 Å². The first-order valence-corrected chi connectivity index (χ1v) is 6.52. The van der Waals surface area contributed by atoms with E-state index in [0.717, 1.165) is 15.6 Å². The molecule has 0 aliphatic carbocycles. The maximum atomic E-state index is 10.5. The lowest BCUT2D eigenvalue weighted by atomic mass is 10.0. The van der Waals surface area contributed by atoms with Crippen LogP contribution in [-0.4, -0.2) is 10.0 Å². The molecule has 0 radical (unpaired) electrons. The lowest BCUT2D eigenvalue weighted by molar-refractivity contribution is -0.384. The molecular weight excluding hydrogens is 310 g/mol. The maximum Gasteiger partial charge on any atom is 0.269 e. The number of hydrogen-bond donors (Lipinski definition) is 1. The normalized spacial score (nSPS) is 12.1. The van der Waals surface area contributed by atoms with Crippen LogP contribution in [0.4, 0.5) is 5.69 Å². The molecule has 0 spiro atoms. The van der Waals surface area contributed by atoms with Crippen LogP contribution in [0.3, 0.4) is 0 Å². The maximum absolute atomic E-state index is 10.5. The Bertz CT molecular complexity index is 566. The van der Waals surface area contributed by atoms with Gasteiger partial charge in [-0.05, 0) is 23.3 Å². The summed E-state index contributed by atoms with van der Waals surface area (Å²) < 4.78 is 0.957. The number of benzene rings is 2. The predicted molar refractivity (Wildman–Crippen MR) is 75.9 cm³/mol. The number of nitro groups is 1. The van der Waals surface area contributed by atoms with Gasteiger partial charge in [0.05, 0.1) is 11.0 Å². The topological polar surface area (TPSA) is 63.4 Å². The van der Waals surface area contributed by atoms with Crippen molar-refractivity contribution in [2.45, 2.75) is 12.5 Å². The Morgan fingerprint density at radius 2 is 1.68 bits per heavy atom. The van der Waals surface area contributed by atoms with Crippen molar-refractivity contribution in [1.82, 2.24) is 0 Å². The summed E-state index contributed by atoms with van der Waals surface area (Å²) in [6, 6.07) is 13.7. The van der Waals surface area contributed by atoms with Gasteiger partial charge < -0.3 is 5.11 Å². The number of aliphatic hydroxyl groups excluding tert-OH is 1. The highest BCUT2D eigenvalue weighted by Gasteiger charge is 2.10. The molecule has 5 heteroatoms. The molecule has 2 rings (SSSR count). The number of rotatable bonds is 4. The Balaban J connectivity index is 2.08. The molecule has 0 aliphatic heterocycles. The largest absolute Gasteiger partial charge is 0.388 e. The van der Waals surface area contributed by atoms with Crippen LogP contribution in [0.5, 0.6) is 0 Å². The van der Waals surface area contributed by atoms with Crippen molar-refractivity contribution in [3.63, 3.8) is 0 Å². The standard InChI is InChI=1S/C14H12BrNO3/c15-12-5-3-11(4-6-12)14(17)9-10-1-7-13(8-2-10)16(18)19/h1-8,14,17H,9H2. The minimum absolute atomic E-state index is 0.0573. The number of aliphatic hydroxyl groups is 1. The first-order chi connectivity index (χ1) is 9.06. The Kier molecular flexibility index (Phi) is 4.29. The van der Waals surface area contributed by atoms with Gasteiger partial charge in [-0.25, -0.2) is 0 Å². The molecule has 1 unspecified atom stereocenters. The molecule has 4 nitrogen and oxygen atoms in total. The van der Waals surface area contributed by atoms with Crippen molar-refractivity contribution in [2.24, 2.45) is 0 Å². The van der Waals surface area contributed by atoms with Gasteiger partial charge in [0, 0.05) is 23.0 Å². The van der Waals surface area contributed by atoms with Gasteiger partial charge in [0.2, 0.25) is 0 Å². The molecule has 19 heavy (non-hydrogen) atoms. The molecular formula is C14H12BrNO3. The van der Waals surface area contributed by atoms with E-state index in [1.165, 1.54) is 12.1 Å². The van der Waals surface area contributed by atoms with E-state index in [4.69, 9.17) is 0 Å². The van der Waals surface area contributed by atoms with Crippen LogP contribution in [0, 0.1) is 10.1 Å². The van der Waals surface area contributed by atoms with Crippen molar-refractivity contribution in [3.8, 4) is 0 Å². The monoisotopic (exact) mass is 321 g/mol. The number of non-ortho nitro benzene ring substituents is 1. The first-order valence-electron chi connectivity index (χ1n) is 5.73. The summed E-state index contributed by atoms with van der Waals surface area (Å²) in [5, 5.41) is 20.6. The molecule has 2 aromatic carbocycles. The fourth-order valence-corrected chi connectivity index (χ4v) is 2.04. The van der Waals surface area contributed by atoms with Gasteiger partial charge >= 0.3 is 0 Å². The number of hydrogen-bond acceptors (Lipinski definition) is 3. The fourth-order valence-electron chi connectivity index (χ4n) is 1.78. The summed E-state index contributed by atoms with van der Waals surface area (Å²) in [6.07, 6.45) is -0.186. The zero-order chi connectivity index (χ0) is 13.8. The number of nitrogens with zero attached hydrogens (tertiary/aromatic N) is 1. The van der Waals surface area contributed by atoms with Crippen molar-refractivity contribution < 1.29 is 10.0 Å². The average Bonchev–Trinajstić information content (AvgIpc) is 2.40. The van der Waals surface area contributed by atoms with Gasteiger partial charge in [-0.2, -0.15) is 0 Å². The van der Waals surface area contributed by atoms with E-state index >= 15 is 0 Å². The zero-order valence-corrected chi connectivity index (χ0v) is 11.6. The third-order valence-corrected chi connectivity index (χ3v) is 3.36. The van der Waals surface area contributed by atoms with Crippen LogP contribution < -0.4 is 0 Å². The van der Waals surface area contributed by atoms with E-state index in [9.17, 15) is 15.2 Å². The van der Waals surface area contributed by atoms with E-state index < -0.39 is 11.0 Å². The summed E-state index contributed by atoms with van der Waals surface area (Å²) in [7, 11) is 0. The molecule has 0 aliphatic rings. The van der Waals surface area contributed by atoms with Crippen LogP contribution in [0.1, 0.15) is 17.2 Å². The molecule has 0 bridgehead atoms. The second kappa shape index (κ2) is 5.95. The fraction of sp³-hybridized carbons (Fsp3) is 0.143. The Morgan fingerprint density at radius 1 is 1.11 bits per heavy atom. The molecule has 1 atom stereocenters. The summed E-state index contributed by atoms with van der Waals surface area (Å²) in [4.78, 5) is 10.1. The number of halogens is 1. The summed E-state index contributed by atoms with van der Waals surface area (Å²) in [5.41, 5.74) is 1.74. The number of nitro benzene ring substituents is 1. The van der Waals surface area contributed by atoms with Crippen LogP contribution in [-0.2, 0) is 6.42 Å². The molecule has 0 saturated carbocycles. The van der Waals surface area contributed by atoms with E-state index in [1.54, 1.807) is 12.1 Å². The van der Waals surface area contributed by atoms with Crippen molar-refractivity contribution in [1.29, 1.82) is 0 Å². The lowest BCUT2D eigenvalue weighted by Gasteiger charge is -2.11. The second-order valence-corrected chi connectivity index (χ2v) is 5.11. The molecule has 2 aromatic rings. The van der Waals surface area contributed by atoms with Crippen LogP contribution in [0.15, 0.2) is 53.0 Å². The zero-order valence-electron chi connectivity index (χ0n) is 9.99. The van der Waals surface area contributed by atoms with E-state index in [2.05, 4.69) is 15.9 Å². The summed E-state index contributed by atoms with van der Waals surface area (Å²) in [5.74, 6) is 0. The van der Waals surface area contributed by atoms with Crippen LogP contribution >= 0.6 is 15.9 Å². The second-order valence-electron chi connectivity index (χ2n) is 4.20. The highest BCUT2D eigenvalue weighted by atomic mass is 79.9. The smallest absolute Gasteiger partial charge is 0.269 e. The van der Waals surface area contributed by atoms with Gasteiger partial charge in [0.15, 0.2) is 0 Å².